The number of hydrogen-bond acceptors (Lipinski definition) is 6. The van der Waals surface area contributed by atoms with E-state index in [0.717, 1.165) is 39.2 Å². The number of hydrogen-bond donors (Lipinski definition) is 1. The average molecular weight is 451 g/mol. The third-order valence-corrected chi connectivity index (χ3v) is 6.64. The number of aromatic nitrogens is 5. The van der Waals surface area contributed by atoms with Crippen LogP contribution in [0.15, 0.2) is 65.7 Å². The third-order valence-electron chi connectivity index (χ3n) is 4.77. The van der Waals surface area contributed by atoms with E-state index in [2.05, 4.69) is 32.2 Å². The molecule has 0 atom stereocenters. The second kappa shape index (κ2) is 8.44. The molecule has 0 saturated heterocycles. The molecule has 5 rings (SSSR count). The van der Waals surface area contributed by atoms with Crippen molar-refractivity contribution in [1.82, 2.24) is 24.5 Å². The van der Waals surface area contributed by atoms with Gasteiger partial charge >= 0.3 is 0 Å². The molecular weight excluding hydrogens is 431 g/mol. The lowest BCUT2D eigenvalue weighted by atomic mass is 10.3. The van der Waals surface area contributed by atoms with Crippen molar-refractivity contribution in [2.45, 2.75) is 20.0 Å². The first-order valence-electron chi connectivity index (χ1n) is 9.70. The summed E-state index contributed by atoms with van der Waals surface area (Å²) < 4.78 is 16.8. The van der Waals surface area contributed by atoms with Gasteiger partial charge in [0.15, 0.2) is 5.13 Å². The number of aryl methyl sites for hydroxylation is 1. The van der Waals surface area contributed by atoms with Gasteiger partial charge in [0.25, 0.3) is 0 Å². The summed E-state index contributed by atoms with van der Waals surface area (Å²) in [5, 5.41) is 17.5. The van der Waals surface area contributed by atoms with E-state index in [0.29, 0.717) is 6.54 Å². The van der Waals surface area contributed by atoms with Gasteiger partial charge in [-0.1, -0.05) is 11.3 Å². The highest BCUT2D eigenvalue weighted by Crippen LogP contribution is 2.32. The van der Waals surface area contributed by atoms with Crippen molar-refractivity contribution in [3.8, 4) is 16.3 Å². The molecule has 0 saturated carbocycles. The van der Waals surface area contributed by atoms with Crippen LogP contribution in [0.3, 0.4) is 0 Å². The van der Waals surface area contributed by atoms with E-state index in [-0.39, 0.29) is 5.82 Å². The first-order valence-corrected chi connectivity index (χ1v) is 11.5. The zero-order valence-electron chi connectivity index (χ0n) is 16.7. The maximum absolute atomic E-state index is 13.1. The Labute approximate surface area is 186 Å². The highest BCUT2D eigenvalue weighted by Gasteiger charge is 2.13. The van der Waals surface area contributed by atoms with Crippen LogP contribution in [0.1, 0.15) is 16.8 Å². The Morgan fingerprint density at radius 3 is 2.77 bits per heavy atom. The predicted molar refractivity (Wildman–Crippen MR) is 122 cm³/mol. The molecule has 0 spiro atoms. The van der Waals surface area contributed by atoms with Crippen LogP contribution >= 0.6 is 22.7 Å². The van der Waals surface area contributed by atoms with Gasteiger partial charge in [-0.2, -0.15) is 21.5 Å². The van der Waals surface area contributed by atoms with Gasteiger partial charge in [0, 0.05) is 24.5 Å². The molecule has 1 aromatic carbocycles. The molecule has 0 aliphatic rings. The van der Waals surface area contributed by atoms with Gasteiger partial charge in [-0.3, -0.25) is 4.68 Å². The Morgan fingerprint density at radius 1 is 1.10 bits per heavy atom. The summed E-state index contributed by atoms with van der Waals surface area (Å²) in [6, 6.07) is 10.4. The van der Waals surface area contributed by atoms with Crippen LogP contribution in [0.2, 0.25) is 0 Å². The summed E-state index contributed by atoms with van der Waals surface area (Å²) in [5.74, 6) is -0.260. The molecule has 0 aliphatic heterocycles. The molecule has 4 heterocycles. The number of nitrogens with one attached hydrogen (secondary N) is 1. The molecule has 0 amide bonds. The minimum Gasteiger partial charge on any atom is -0.357 e. The molecule has 4 aromatic heterocycles. The van der Waals surface area contributed by atoms with E-state index in [4.69, 9.17) is 5.10 Å². The molecule has 31 heavy (non-hydrogen) atoms. The predicted octanol–water partition coefficient (Wildman–Crippen LogP) is 5.36. The zero-order chi connectivity index (χ0) is 21.2. The van der Waals surface area contributed by atoms with Gasteiger partial charge in [0.1, 0.15) is 11.5 Å². The van der Waals surface area contributed by atoms with E-state index in [1.54, 1.807) is 45.7 Å². The summed E-state index contributed by atoms with van der Waals surface area (Å²) in [6.07, 6.45) is 5.72. The van der Waals surface area contributed by atoms with Crippen LogP contribution in [-0.4, -0.2) is 24.5 Å². The fourth-order valence-electron chi connectivity index (χ4n) is 3.21. The number of benzene rings is 1. The van der Waals surface area contributed by atoms with Gasteiger partial charge in [-0.05, 0) is 59.6 Å². The largest absolute Gasteiger partial charge is 0.357 e. The molecule has 156 valence electrons. The van der Waals surface area contributed by atoms with E-state index >= 15 is 0 Å². The van der Waals surface area contributed by atoms with E-state index in [1.165, 1.54) is 17.7 Å². The van der Waals surface area contributed by atoms with Crippen LogP contribution < -0.4 is 5.32 Å². The fraction of sp³-hybridized carbons (Fsp3) is 0.136. The van der Waals surface area contributed by atoms with Crippen LogP contribution in [0.25, 0.3) is 16.3 Å². The second-order valence-electron chi connectivity index (χ2n) is 7.09. The van der Waals surface area contributed by atoms with E-state index < -0.39 is 0 Å². The quantitative estimate of drug-likeness (QED) is 0.363. The Morgan fingerprint density at radius 2 is 1.97 bits per heavy atom. The Bertz CT molecular complexity index is 1280. The standard InChI is InChI=1S/C22H19FN6S2/c1-15-21(20-6-8-28(27-20)12-16-7-9-30-14-16)31-22(26-15)24-10-17-11-25-29(13-17)19-4-2-18(23)3-5-19/h2-9,11,13-14H,10,12H2,1H3,(H,24,26). The minimum absolute atomic E-state index is 0.260. The summed E-state index contributed by atoms with van der Waals surface area (Å²) in [6.45, 7) is 3.37. The molecule has 0 radical (unpaired) electrons. The first-order chi connectivity index (χ1) is 15.1. The molecule has 1 N–H and O–H groups in total. The number of rotatable bonds is 7. The first kappa shape index (κ1) is 19.7. The van der Waals surface area contributed by atoms with Crippen LogP contribution in [0.5, 0.6) is 0 Å². The Balaban J connectivity index is 1.25. The Kier molecular flexibility index (Phi) is 5.35. The molecule has 6 nitrogen and oxygen atoms in total. The zero-order valence-corrected chi connectivity index (χ0v) is 18.3. The van der Waals surface area contributed by atoms with Gasteiger partial charge in [0.2, 0.25) is 0 Å². The van der Waals surface area contributed by atoms with Gasteiger partial charge in [-0.25, -0.2) is 14.1 Å². The Hall–Kier alpha value is -3.30. The topological polar surface area (TPSA) is 60.6 Å². The van der Waals surface area contributed by atoms with Crippen molar-refractivity contribution in [3.05, 3.63) is 88.4 Å². The molecule has 0 unspecified atom stereocenters. The minimum atomic E-state index is -0.260. The molecule has 9 heteroatoms. The molecule has 0 bridgehead atoms. The number of halogens is 1. The third kappa shape index (κ3) is 4.42. The van der Waals surface area contributed by atoms with Gasteiger partial charge < -0.3 is 5.32 Å². The lowest BCUT2D eigenvalue weighted by molar-refractivity contribution is 0.627. The lowest BCUT2D eigenvalue weighted by Gasteiger charge is -2.01. The highest BCUT2D eigenvalue weighted by molar-refractivity contribution is 7.19. The smallest absolute Gasteiger partial charge is 0.183 e. The summed E-state index contributed by atoms with van der Waals surface area (Å²) in [4.78, 5) is 5.72. The molecular formula is C22H19FN6S2. The maximum Gasteiger partial charge on any atom is 0.183 e. The molecule has 5 aromatic rings. The fourth-order valence-corrected chi connectivity index (χ4v) is 4.80. The second-order valence-corrected chi connectivity index (χ2v) is 8.87. The number of nitrogens with zero attached hydrogens (tertiary/aromatic N) is 5. The monoisotopic (exact) mass is 450 g/mol. The van der Waals surface area contributed by atoms with Gasteiger partial charge in [-0.15, -0.1) is 0 Å². The highest BCUT2D eigenvalue weighted by atomic mass is 32.1. The SMILES string of the molecule is Cc1nc(NCc2cnn(-c3ccc(F)cc3)c2)sc1-c1ccn(Cc2ccsc2)n1. The number of anilines is 1. The molecule has 0 fully saturated rings. The van der Waals surface area contributed by atoms with Crippen LogP contribution in [-0.2, 0) is 13.1 Å². The number of thiazole rings is 1. The summed E-state index contributed by atoms with van der Waals surface area (Å²) >= 11 is 3.29. The van der Waals surface area contributed by atoms with Crippen molar-refractivity contribution in [1.29, 1.82) is 0 Å². The lowest BCUT2D eigenvalue weighted by Crippen LogP contribution is -1.98. The maximum atomic E-state index is 13.1. The van der Waals surface area contributed by atoms with Crippen molar-refractivity contribution < 1.29 is 4.39 Å². The van der Waals surface area contributed by atoms with Crippen LogP contribution in [0.4, 0.5) is 9.52 Å². The van der Waals surface area contributed by atoms with Crippen molar-refractivity contribution in [2.24, 2.45) is 0 Å². The number of thiophene rings is 1. The van der Waals surface area contributed by atoms with Crippen molar-refractivity contribution >= 4 is 27.8 Å². The van der Waals surface area contributed by atoms with Crippen LogP contribution in [0, 0.1) is 12.7 Å². The van der Waals surface area contributed by atoms with E-state index in [9.17, 15) is 4.39 Å². The van der Waals surface area contributed by atoms with Crippen molar-refractivity contribution in [2.75, 3.05) is 5.32 Å². The van der Waals surface area contributed by atoms with E-state index in [1.807, 2.05) is 30.1 Å². The molecule has 0 aliphatic carbocycles. The van der Waals surface area contributed by atoms with Gasteiger partial charge in [0.05, 0.1) is 29.0 Å². The van der Waals surface area contributed by atoms with Crippen molar-refractivity contribution in [3.63, 3.8) is 0 Å². The average Bonchev–Trinajstić information content (AvgIpc) is 3.55. The summed E-state index contributed by atoms with van der Waals surface area (Å²) in [7, 11) is 0. The normalized spacial score (nSPS) is 11.2. The summed E-state index contributed by atoms with van der Waals surface area (Å²) in [5.41, 5.74) is 4.97.